The maximum atomic E-state index is 12.8. The SMILES string of the molecule is C#CC(CCC)Nc1ccc(C#N)c(C(F)(F)F)c1. The average molecular weight is 266 g/mol. The van der Waals surface area contributed by atoms with E-state index in [1.807, 2.05) is 6.92 Å². The molecule has 0 aliphatic heterocycles. The Morgan fingerprint density at radius 3 is 2.58 bits per heavy atom. The van der Waals surface area contributed by atoms with Crippen molar-refractivity contribution in [2.24, 2.45) is 0 Å². The molecule has 1 aromatic carbocycles. The third-order valence-electron chi connectivity index (χ3n) is 2.56. The molecule has 0 heterocycles. The number of anilines is 1. The summed E-state index contributed by atoms with van der Waals surface area (Å²) in [6.45, 7) is 1.94. The number of nitrogens with one attached hydrogen (secondary N) is 1. The molecule has 5 heteroatoms. The highest BCUT2D eigenvalue weighted by molar-refractivity contribution is 5.54. The van der Waals surface area contributed by atoms with Gasteiger partial charge in [0.05, 0.1) is 23.2 Å². The van der Waals surface area contributed by atoms with Crippen molar-refractivity contribution < 1.29 is 13.2 Å². The van der Waals surface area contributed by atoms with Gasteiger partial charge in [-0.3, -0.25) is 0 Å². The van der Waals surface area contributed by atoms with Gasteiger partial charge in [-0.1, -0.05) is 19.3 Å². The lowest BCUT2D eigenvalue weighted by molar-refractivity contribution is -0.137. The molecule has 1 N–H and O–H groups in total. The molecule has 0 bridgehead atoms. The van der Waals surface area contributed by atoms with E-state index in [2.05, 4.69) is 11.2 Å². The van der Waals surface area contributed by atoms with Crippen molar-refractivity contribution >= 4 is 5.69 Å². The van der Waals surface area contributed by atoms with Crippen molar-refractivity contribution in [1.82, 2.24) is 0 Å². The predicted octanol–water partition coefficient (Wildman–Crippen LogP) is 3.79. The topological polar surface area (TPSA) is 35.8 Å². The first-order chi connectivity index (χ1) is 8.92. The minimum Gasteiger partial charge on any atom is -0.372 e. The van der Waals surface area contributed by atoms with Crippen LogP contribution in [0.3, 0.4) is 0 Å². The fourth-order valence-corrected chi connectivity index (χ4v) is 1.65. The van der Waals surface area contributed by atoms with Crippen LogP contribution in [0, 0.1) is 23.7 Å². The lowest BCUT2D eigenvalue weighted by Gasteiger charge is -2.16. The Kier molecular flexibility index (Phi) is 4.83. The molecule has 0 saturated carbocycles. The highest BCUT2D eigenvalue weighted by Crippen LogP contribution is 2.33. The Bertz CT molecular complexity index is 521. The molecule has 0 fully saturated rings. The van der Waals surface area contributed by atoms with Gasteiger partial charge in [-0.25, -0.2) is 0 Å². The van der Waals surface area contributed by atoms with Crippen molar-refractivity contribution in [2.75, 3.05) is 5.32 Å². The predicted molar refractivity (Wildman–Crippen MR) is 67.3 cm³/mol. The van der Waals surface area contributed by atoms with E-state index in [1.54, 1.807) is 0 Å². The van der Waals surface area contributed by atoms with Crippen LogP contribution in [0.4, 0.5) is 18.9 Å². The number of rotatable bonds is 4. The van der Waals surface area contributed by atoms with Crippen LogP contribution in [0.5, 0.6) is 0 Å². The van der Waals surface area contributed by atoms with Crippen LogP contribution in [-0.4, -0.2) is 6.04 Å². The lowest BCUT2D eigenvalue weighted by atomic mass is 10.1. The fourth-order valence-electron chi connectivity index (χ4n) is 1.65. The molecule has 1 unspecified atom stereocenters. The molecule has 0 amide bonds. The number of nitrogens with zero attached hydrogens (tertiary/aromatic N) is 1. The largest absolute Gasteiger partial charge is 0.417 e. The summed E-state index contributed by atoms with van der Waals surface area (Å²) in [4.78, 5) is 0. The first kappa shape index (κ1) is 14.9. The lowest BCUT2D eigenvalue weighted by Crippen LogP contribution is -2.17. The van der Waals surface area contributed by atoms with Crippen LogP contribution >= 0.6 is 0 Å². The van der Waals surface area contributed by atoms with Gasteiger partial charge in [0.15, 0.2) is 0 Å². The van der Waals surface area contributed by atoms with Crippen LogP contribution in [0.2, 0.25) is 0 Å². The molecule has 2 nitrogen and oxygen atoms in total. The second kappa shape index (κ2) is 6.15. The van der Waals surface area contributed by atoms with Crippen molar-refractivity contribution in [3.63, 3.8) is 0 Å². The maximum absolute atomic E-state index is 12.8. The quantitative estimate of drug-likeness (QED) is 0.841. The monoisotopic (exact) mass is 266 g/mol. The zero-order valence-corrected chi connectivity index (χ0v) is 10.4. The van der Waals surface area contributed by atoms with Gasteiger partial charge in [-0.2, -0.15) is 18.4 Å². The third-order valence-corrected chi connectivity index (χ3v) is 2.56. The van der Waals surface area contributed by atoms with Crippen molar-refractivity contribution in [2.45, 2.75) is 32.0 Å². The maximum Gasteiger partial charge on any atom is 0.417 e. The van der Waals surface area contributed by atoms with E-state index >= 15 is 0 Å². The van der Waals surface area contributed by atoms with Gasteiger partial charge in [0.2, 0.25) is 0 Å². The third kappa shape index (κ3) is 3.93. The smallest absolute Gasteiger partial charge is 0.372 e. The summed E-state index contributed by atoms with van der Waals surface area (Å²) in [5.41, 5.74) is -1.08. The van der Waals surface area contributed by atoms with E-state index in [-0.39, 0.29) is 11.7 Å². The van der Waals surface area contributed by atoms with Crippen LogP contribution in [0.25, 0.3) is 0 Å². The van der Waals surface area contributed by atoms with E-state index in [9.17, 15) is 13.2 Å². The summed E-state index contributed by atoms with van der Waals surface area (Å²) in [6.07, 6.45) is 2.23. The van der Waals surface area contributed by atoms with Crippen LogP contribution < -0.4 is 5.32 Å². The van der Waals surface area contributed by atoms with Gasteiger partial charge in [0, 0.05) is 5.69 Å². The first-order valence-electron chi connectivity index (χ1n) is 5.76. The highest BCUT2D eigenvalue weighted by Gasteiger charge is 2.33. The van der Waals surface area contributed by atoms with Gasteiger partial charge < -0.3 is 5.32 Å². The molecular weight excluding hydrogens is 253 g/mol. The van der Waals surface area contributed by atoms with Crippen LogP contribution in [0.1, 0.15) is 30.9 Å². The van der Waals surface area contributed by atoms with E-state index in [4.69, 9.17) is 11.7 Å². The van der Waals surface area contributed by atoms with Gasteiger partial charge >= 0.3 is 6.18 Å². The zero-order chi connectivity index (χ0) is 14.5. The Hall–Kier alpha value is -2.14. The van der Waals surface area contributed by atoms with Crippen molar-refractivity contribution in [3.8, 4) is 18.4 Å². The van der Waals surface area contributed by atoms with E-state index in [0.717, 1.165) is 18.6 Å². The molecule has 0 spiro atoms. The van der Waals surface area contributed by atoms with E-state index < -0.39 is 17.3 Å². The Balaban J connectivity index is 3.07. The molecule has 100 valence electrons. The molecule has 0 aliphatic carbocycles. The van der Waals surface area contributed by atoms with Crippen LogP contribution in [0.15, 0.2) is 18.2 Å². The number of benzene rings is 1. The average Bonchev–Trinajstić information content (AvgIpc) is 2.37. The first-order valence-corrected chi connectivity index (χ1v) is 5.76. The van der Waals surface area contributed by atoms with Gasteiger partial charge in [0.25, 0.3) is 0 Å². The normalized spacial score (nSPS) is 12.3. The molecule has 1 rings (SSSR count). The molecular formula is C14H13F3N2. The molecule has 1 atom stereocenters. The molecule has 0 saturated heterocycles. The molecule has 0 aliphatic rings. The summed E-state index contributed by atoms with van der Waals surface area (Å²) >= 11 is 0. The number of terminal acetylenes is 1. The summed E-state index contributed by atoms with van der Waals surface area (Å²) in [7, 11) is 0. The van der Waals surface area contributed by atoms with E-state index in [1.165, 1.54) is 12.1 Å². The number of nitriles is 1. The second-order valence-electron chi connectivity index (χ2n) is 4.02. The minimum absolute atomic E-state index is 0.266. The second-order valence-corrected chi connectivity index (χ2v) is 4.02. The fraction of sp³-hybridized carbons (Fsp3) is 0.357. The van der Waals surface area contributed by atoms with E-state index in [0.29, 0.717) is 6.42 Å². The van der Waals surface area contributed by atoms with Gasteiger partial charge in [-0.15, -0.1) is 6.42 Å². The summed E-state index contributed by atoms with van der Waals surface area (Å²) in [5, 5.41) is 11.5. The Labute approximate surface area is 110 Å². The van der Waals surface area contributed by atoms with Crippen molar-refractivity contribution in [1.29, 1.82) is 5.26 Å². The highest BCUT2D eigenvalue weighted by atomic mass is 19.4. The Morgan fingerprint density at radius 2 is 2.11 bits per heavy atom. The Morgan fingerprint density at radius 1 is 1.42 bits per heavy atom. The minimum atomic E-state index is -4.56. The summed E-state index contributed by atoms with van der Waals surface area (Å²) in [5.74, 6) is 2.48. The standard InChI is InChI=1S/C14H13F3N2/c1-3-5-11(4-2)19-12-7-6-10(9-18)13(8-12)14(15,16)17/h2,6-8,11,19H,3,5H2,1H3. The zero-order valence-electron chi connectivity index (χ0n) is 10.4. The van der Waals surface area contributed by atoms with Gasteiger partial charge in [0.1, 0.15) is 0 Å². The van der Waals surface area contributed by atoms with Crippen LogP contribution in [-0.2, 0) is 6.18 Å². The summed E-state index contributed by atoms with van der Waals surface area (Å²) < 4.78 is 38.3. The molecule has 0 aromatic heterocycles. The molecule has 1 aromatic rings. The number of alkyl halides is 3. The summed E-state index contributed by atoms with van der Waals surface area (Å²) in [6, 6.07) is 4.70. The number of hydrogen-bond acceptors (Lipinski definition) is 2. The molecule has 0 radical (unpaired) electrons. The molecule has 19 heavy (non-hydrogen) atoms. The van der Waals surface area contributed by atoms with Crippen molar-refractivity contribution in [3.05, 3.63) is 29.3 Å². The number of hydrogen-bond donors (Lipinski definition) is 1. The number of halogens is 3. The van der Waals surface area contributed by atoms with Gasteiger partial charge in [-0.05, 0) is 24.6 Å².